The lowest BCUT2D eigenvalue weighted by molar-refractivity contribution is 0.00961. The van der Waals surface area contributed by atoms with E-state index in [0.717, 1.165) is 18.1 Å². The van der Waals surface area contributed by atoms with Crippen molar-refractivity contribution in [2.75, 3.05) is 13.4 Å². The van der Waals surface area contributed by atoms with Gasteiger partial charge >= 0.3 is 0 Å². The molecule has 0 amide bonds. The second kappa shape index (κ2) is 5.73. The number of oxime groups is 1. The van der Waals surface area contributed by atoms with Gasteiger partial charge in [-0.2, -0.15) is 0 Å². The summed E-state index contributed by atoms with van der Waals surface area (Å²) in [6, 6.07) is 5.39. The highest BCUT2D eigenvalue weighted by Gasteiger charge is 2.21. The van der Waals surface area contributed by atoms with E-state index in [1.54, 1.807) is 12.1 Å². The van der Waals surface area contributed by atoms with Gasteiger partial charge < -0.3 is 20.4 Å². The van der Waals surface area contributed by atoms with E-state index in [2.05, 4.69) is 5.16 Å². The predicted molar refractivity (Wildman–Crippen MR) is 67.9 cm³/mol. The fourth-order valence-electron chi connectivity index (χ4n) is 1.58. The van der Waals surface area contributed by atoms with Gasteiger partial charge in [-0.3, -0.25) is 0 Å². The quantitative estimate of drug-likeness (QED) is 0.202. The topological polar surface area (TPSA) is 77.1 Å². The summed E-state index contributed by atoms with van der Waals surface area (Å²) in [5.74, 6) is 1.48. The molecule has 0 heterocycles. The molecule has 1 saturated carbocycles. The maximum absolute atomic E-state index is 8.63. The molecule has 1 aromatic carbocycles. The largest absolute Gasteiger partial charge is 0.467 e. The lowest BCUT2D eigenvalue weighted by Gasteiger charge is -2.10. The lowest BCUT2D eigenvalue weighted by atomic mass is 10.1. The summed E-state index contributed by atoms with van der Waals surface area (Å²) in [6.45, 7) is 2.93. The van der Waals surface area contributed by atoms with Crippen LogP contribution in [0.4, 0.5) is 0 Å². The summed E-state index contributed by atoms with van der Waals surface area (Å²) in [5, 5.41) is 11.6. The van der Waals surface area contributed by atoms with Crippen molar-refractivity contribution in [1.29, 1.82) is 0 Å². The Balaban J connectivity index is 1.92. The minimum absolute atomic E-state index is 0.0683. The van der Waals surface area contributed by atoms with Gasteiger partial charge in [-0.05, 0) is 37.3 Å². The Kier molecular flexibility index (Phi) is 4.04. The Morgan fingerprint density at radius 1 is 1.50 bits per heavy atom. The van der Waals surface area contributed by atoms with Crippen LogP contribution in [0.5, 0.6) is 5.75 Å². The van der Waals surface area contributed by atoms with Gasteiger partial charge in [0.15, 0.2) is 12.6 Å². The van der Waals surface area contributed by atoms with Crippen molar-refractivity contribution in [2.45, 2.75) is 19.8 Å². The number of ether oxygens (including phenoxy) is 2. The standard InChI is InChI=1S/C13H18N2O3/c1-9-2-5-11(13(14)15-16)6-12(9)18-8-17-7-10-3-4-10/h2,5-6,10,16H,3-4,7-8H2,1H3,(H2,14,15). The third-order valence-electron chi connectivity index (χ3n) is 2.94. The molecule has 0 bridgehead atoms. The second-order valence-corrected chi connectivity index (χ2v) is 4.54. The molecule has 1 aromatic rings. The van der Waals surface area contributed by atoms with E-state index in [1.165, 1.54) is 12.8 Å². The minimum Gasteiger partial charge on any atom is -0.467 e. The summed E-state index contributed by atoms with van der Waals surface area (Å²) in [4.78, 5) is 0. The molecule has 1 fully saturated rings. The van der Waals surface area contributed by atoms with Crippen molar-refractivity contribution in [1.82, 2.24) is 0 Å². The van der Waals surface area contributed by atoms with Gasteiger partial charge in [-0.15, -0.1) is 0 Å². The third-order valence-corrected chi connectivity index (χ3v) is 2.94. The van der Waals surface area contributed by atoms with E-state index >= 15 is 0 Å². The van der Waals surface area contributed by atoms with E-state index in [4.69, 9.17) is 20.4 Å². The van der Waals surface area contributed by atoms with Gasteiger partial charge in [0.1, 0.15) is 5.75 Å². The summed E-state index contributed by atoms with van der Waals surface area (Å²) >= 11 is 0. The highest BCUT2D eigenvalue weighted by Crippen LogP contribution is 2.28. The van der Waals surface area contributed by atoms with Crippen molar-refractivity contribution in [3.63, 3.8) is 0 Å². The maximum atomic E-state index is 8.63. The first kappa shape index (κ1) is 12.7. The van der Waals surface area contributed by atoms with Crippen molar-refractivity contribution < 1.29 is 14.7 Å². The number of benzene rings is 1. The molecule has 0 spiro atoms. The number of rotatable bonds is 6. The maximum Gasteiger partial charge on any atom is 0.189 e. The smallest absolute Gasteiger partial charge is 0.189 e. The molecular formula is C13H18N2O3. The molecule has 3 N–H and O–H groups in total. The van der Waals surface area contributed by atoms with Crippen LogP contribution in [-0.4, -0.2) is 24.4 Å². The zero-order chi connectivity index (χ0) is 13.0. The molecule has 0 unspecified atom stereocenters. The number of aryl methyl sites for hydroxylation is 1. The molecule has 1 aliphatic carbocycles. The minimum atomic E-state index is 0.0683. The fourth-order valence-corrected chi connectivity index (χ4v) is 1.58. The number of hydrogen-bond donors (Lipinski definition) is 2. The number of nitrogens with zero attached hydrogens (tertiary/aromatic N) is 1. The van der Waals surface area contributed by atoms with Gasteiger partial charge in [-0.25, -0.2) is 0 Å². The third kappa shape index (κ3) is 3.37. The molecule has 5 heteroatoms. The molecule has 5 nitrogen and oxygen atoms in total. The first-order valence-electron chi connectivity index (χ1n) is 6.00. The summed E-state index contributed by atoms with van der Waals surface area (Å²) in [5.41, 5.74) is 7.14. The Hall–Kier alpha value is -1.75. The zero-order valence-electron chi connectivity index (χ0n) is 10.4. The van der Waals surface area contributed by atoms with Crippen LogP contribution in [0, 0.1) is 12.8 Å². The number of hydrogen-bond acceptors (Lipinski definition) is 4. The van der Waals surface area contributed by atoms with Crippen molar-refractivity contribution in [2.24, 2.45) is 16.8 Å². The summed E-state index contributed by atoms with van der Waals surface area (Å²) < 4.78 is 10.9. The summed E-state index contributed by atoms with van der Waals surface area (Å²) in [6.07, 6.45) is 2.52. The first-order valence-corrected chi connectivity index (χ1v) is 6.00. The Morgan fingerprint density at radius 2 is 2.28 bits per heavy atom. The van der Waals surface area contributed by atoms with Crippen molar-refractivity contribution in [3.8, 4) is 5.75 Å². The first-order chi connectivity index (χ1) is 8.70. The van der Waals surface area contributed by atoms with Crippen LogP contribution in [0.1, 0.15) is 24.0 Å². The zero-order valence-corrected chi connectivity index (χ0v) is 10.4. The van der Waals surface area contributed by atoms with Crippen LogP contribution in [0.2, 0.25) is 0 Å². The lowest BCUT2D eigenvalue weighted by Crippen LogP contribution is -2.13. The highest BCUT2D eigenvalue weighted by molar-refractivity contribution is 5.97. The SMILES string of the molecule is Cc1ccc(/C(N)=N/O)cc1OCOCC1CC1. The molecule has 0 radical (unpaired) electrons. The molecule has 0 saturated heterocycles. The summed E-state index contributed by atoms with van der Waals surface area (Å²) in [7, 11) is 0. The van der Waals surface area contributed by atoms with Gasteiger partial charge in [0.25, 0.3) is 0 Å². The Bertz CT molecular complexity index is 442. The molecule has 2 rings (SSSR count). The van der Waals surface area contributed by atoms with E-state index in [1.807, 2.05) is 13.0 Å². The molecule has 0 aromatic heterocycles. The predicted octanol–water partition coefficient (Wildman–Crippen LogP) is 1.85. The van der Waals surface area contributed by atoms with Crippen LogP contribution >= 0.6 is 0 Å². The van der Waals surface area contributed by atoms with Gasteiger partial charge in [-0.1, -0.05) is 17.3 Å². The van der Waals surface area contributed by atoms with E-state index < -0.39 is 0 Å². The second-order valence-electron chi connectivity index (χ2n) is 4.54. The van der Waals surface area contributed by atoms with Crippen molar-refractivity contribution in [3.05, 3.63) is 29.3 Å². The van der Waals surface area contributed by atoms with Crippen LogP contribution in [0.3, 0.4) is 0 Å². The molecule has 0 aliphatic heterocycles. The van der Waals surface area contributed by atoms with E-state index in [-0.39, 0.29) is 12.6 Å². The van der Waals surface area contributed by atoms with Crippen molar-refractivity contribution >= 4 is 5.84 Å². The van der Waals surface area contributed by atoms with Crippen LogP contribution in [0.15, 0.2) is 23.4 Å². The van der Waals surface area contributed by atoms with E-state index in [9.17, 15) is 0 Å². The molecule has 18 heavy (non-hydrogen) atoms. The van der Waals surface area contributed by atoms with Crippen LogP contribution < -0.4 is 10.5 Å². The molecule has 0 atom stereocenters. The Morgan fingerprint density at radius 3 is 2.94 bits per heavy atom. The molecule has 1 aliphatic rings. The highest BCUT2D eigenvalue weighted by atomic mass is 16.7. The van der Waals surface area contributed by atoms with E-state index in [0.29, 0.717) is 11.3 Å². The normalized spacial score (nSPS) is 15.7. The van der Waals surface area contributed by atoms with Crippen LogP contribution in [-0.2, 0) is 4.74 Å². The number of amidine groups is 1. The van der Waals surface area contributed by atoms with Crippen LogP contribution in [0.25, 0.3) is 0 Å². The monoisotopic (exact) mass is 250 g/mol. The van der Waals surface area contributed by atoms with Gasteiger partial charge in [0, 0.05) is 5.56 Å². The van der Waals surface area contributed by atoms with Gasteiger partial charge in [0.05, 0.1) is 6.61 Å². The Labute approximate surface area is 106 Å². The van der Waals surface area contributed by atoms with Gasteiger partial charge in [0.2, 0.25) is 0 Å². The molecular weight excluding hydrogens is 232 g/mol. The average molecular weight is 250 g/mol. The number of nitrogens with two attached hydrogens (primary N) is 1. The fraction of sp³-hybridized carbons (Fsp3) is 0.462. The average Bonchev–Trinajstić information content (AvgIpc) is 3.19. The molecule has 98 valence electrons.